The monoisotopic (exact) mass is 239 g/mol. The number of nitrogens with one attached hydrogen (secondary N) is 1. The number of ether oxygens (including phenoxy) is 1. The molecule has 0 heterocycles. The van der Waals surface area contributed by atoms with E-state index < -0.39 is 0 Å². The molecule has 0 aromatic heterocycles. The van der Waals surface area contributed by atoms with Crippen LogP contribution in [0.2, 0.25) is 0 Å². The number of rotatable bonds is 5. The molecule has 2 aliphatic rings. The average molecular weight is 239 g/mol. The molecule has 1 N–H and O–H groups in total. The number of methoxy groups -OCH3 is 1. The second kappa shape index (κ2) is 6.19. The van der Waals surface area contributed by atoms with Crippen molar-refractivity contribution >= 4 is 0 Å². The third kappa shape index (κ3) is 3.03. The van der Waals surface area contributed by atoms with E-state index in [1.807, 2.05) is 7.11 Å². The molecule has 0 radical (unpaired) electrons. The molecule has 0 saturated heterocycles. The highest BCUT2D eigenvalue weighted by molar-refractivity contribution is 4.97. The summed E-state index contributed by atoms with van der Waals surface area (Å²) in [6.07, 6.45) is 13.7. The Hall–Kier alpha value is -0.0800. The Labute approximate surface area is 107 Å². The summed E-state index contributed by atoms with van der Waals surface area (Å²) in [4.78, 5) is 0. The van der Waals surface area contributed by atoms with E-state index >= 15 is 0 Å². The standard InChI is InChI=1S/C15H29NO/c1-16-14(12-13-8-4-3-5-9-13)15(17-2)10-6-7-11-15/h13-14,16H,3-12H2,1-2H3. The maximum atomic E-state index is 5.93. The van der Waals surface area contributed by atoms with Gasteiger partial charge in [-0.1, -0.05) is 44.9 Å². The molecule has 0 amide bonds. The van der Waals surface area contributed by atoms with Crippen LogP contribution in [0.3, 0.4) is 0 Å². The Bertz CT molecular complexity index is 217. The van der Waals surface area contributed by atoms with Gasteiger partial charge in [-0.25, -0.2) is 0 Å². The van der Waals surface area contributed by atoms with Gasteiger partial charge in [0.15, 0.2) is 0 Å². The maximum Gasteiger partial charge on any atom is 0.0830 e. The quantitative estimate of drug-likeness (QED) is 0.793. The van der Waals surface area contributed by atoms with Crippen LogP contribution in [-0.4, -0.2) is 25.8 Å². The van der Waals surface area contributed by atoms with Gasteiger partial charge in [0.25, 0.3) is 0 Å². The first-order chi connectivity index (χ1) is 8.30. The third-order valence-electron chi connectivity index (χ3n) is 5.13. The average Bonchev–Trinajstić information content (AvgIpc) is 2.87. The van der Waals surface area contributed by atoms with Crippen molar-refractivity contribution in [3.8, 4) is 0 Å². The summed E-state index contributed by atoms with van der Waals surface area (Å²) in [5.74, 6) is 0.939. The van der Waals surface area contributed by atoms with E-state index in [-0.39, 0.29) is 5.60 Å². The van der Waals surface area contributed by atoms with Crippen molar-refractivity contribution < 1.29 is 4.74 Å². The first-order valence-electron chi connectivity index (χ1n) is 7.53. The van der Waals surface area contributed by atoms with Crippen LogP contribution in [0.5, 0.6) is 0 Å². The molecule has 2 rings (SSSR count). The van der Waals surface area contributed by atoms with Gasteiger partial charge in [0.1, 0.15) is 0 Å². The first-order valence-corrected chi connectivity index (χ1v) is 7.53. The van der Waals surface area contributed by atoms with E-state index in [9.17, 15) is 0 Å². The van der Waals surface area contributed by atoms with Crippen molar-refractivity contribution in [3.05, 3.63) is 0 Å². The van der Waals surface area contributed by atoms with Gasteiger partial charge in [0.2, 0.25) is 0 Å². The normalized spacial score (nSPS) is 27.2. The van der Waals surface area contributed by atoms with Crippen LogP contribution in [0.1, 0.15) is 64.2 Å². The Kier molecular flexibility index (Phi) is 4.87. The van der Waals surface area contributed by atoms with Crippen molar-refractivity contribution in [1.82, 2.24) is 5.32 Å². The van der Waals surface area contributed by atoms with Gasteiger partial charge in [-0.15, -0.1) is 0 Å². The number of hydrogen-bond donors (Lipinski definition) is 1. The molecule has 2 aliphatic carbocycles. The summed E-state index contributed by atoms with van der Waals surface area (Å²) in [6, 6.07) is 0.568. The zero-order valence-corrected chi connectivity index (χ0v) is 11.6. The molecular formula is C15H29NO. The lowest BCUT2D eigenvalue weighted by Gasteiger charge is -2.39. The molecule has 100 valence electrons. The largest absolute Gasteiger partial charge is 0.377 e. The Morgan fingerprint density at radius 3 is 2.29 bits per heavy atom. The molecule has 0 aromatic rings. The van der Waals surface area contributed by atoms with Crippen LogP contribution in [0.4, 0.5) is 0 Å². The topological polar surface area (TPSA) is 21.3 Å². The molecule has 0 bridgehead atoms. The minimum absolute atomic E-state index is 0.145. The zero-order chi connectivity index (χ0) is 12.1. The van der Waals surface area contributed by atoms with Crippen molar-refractivity contribution in [1.29, 1.82) is 0 Å². The zero-order valence-electron chi connectivity index (χ0n) is 11.6. The van der Waals surface area contributed by atoms with Gasteiger partial charge < -0.3 is 10.1 Å². The summed E-state index contributed by atoms with van der Waals surface area (Å²) in [7, 11) is 4.03. The van der Waals surface area contributed by atoms with E-state index in [4.69, 9.17) is 4.74 Å². The highest BCUT2D eigenvalue weighted by atomic mass is 16.5. The number of hydrogen-bond acceptors (Lipinski definition) is 2. The summed E-state index contributed by atoms with van der Waals surface area (Å²) in [6.45, 7) is 0. The lowest BCUT2D eigenvalue weighted by molar-refractivity contribution is -0.0409. The summed E-state index contributed by atoms with van der Waals surface area (Å²) in [5.41, 5.74) is 0.145. The van der Waals surface area contributed by atoms with Gasteiger partial charge in [-0.3, -0.25) is 0 Å². The fraction of sp³-hybridized carbons (Fsp3) is 1.00. The van der Waals surface area contributed by atoms with Crippen molar-refractivity contribution in [2.24, 2.45) is 5.92 Å². The molecule has 2 heteroatoms. The van der Waals surface area contributed by atoms with Crippen LogP contribution >= 0.6 is 0 Å². The second-order valence-corrected chi connectivity index (χ2v) is 6.06. The third-order valence-corrected chi connectivity index (χ3v) is 5.13. The molecule has 0 aromatic carbocycles. The lowest BCUT2D eigenvalue weighted by atomic mass is 9.79. The van der Waals surface area contributed by atoms with E-state index in [1.165, 1.54) is 64.2 Å². The van der Waals surface area contributed by atoms with Crippen molar-refractivity contribution in [2.45, 2.75) is 75.9 Å². The Balaban J connectivity index is 1.94. The predicted octanol–water partition coefficient (Wildman–Crippen LogP) is 3.50. The molecule has 1 atom stereocenters. The van der Waals surface area contributed by atoms with Gasteiger partial charge in [0, 0.05) is 13.2 Å². The van der Waals surface area contributed by atoms with Crippen LogP contribution in [0.25, 0.3) is 0 Å². The van der Waals surface area contributed by atoms with Gasteiger partial charge in [-0.2, -0.15) is 0 Å². The van der Waals surface area contributed by atoms with E-state index in [2.05, 4.69) is 12.4 Å². The highest BCUT2D eigenvalue weighted by Crippen LogP contribution is 2.39. The Morgan fingerprint density at radius 1 is 1.12 bits per heavy atom. The van der Waals surface area contributed by atoms with E-state index in [0.717, 1.165) is 5.92 Å². The van der Waals surface area contributed by atoms with E-state index in [0.29, 0.717) is 6.04 Å². The predicted molar refractivity (Wildman–Crippen MR) is 72.2 cm³/mol. The molecule has 17 heavy (non-hydrogen) atoms. The minimum Gasteiger partial charge on any atom is -0.377 e. The van der Waals surface area contributed by atoms with Gasteiger partial charge in [-0.05, 0) is 32.2 Å². The number of likely N-dealkylation sites (N-methyl/N-ethyl adjacent to an activating group) is 1. The first kappa shape index (κ1) is 13.4. The Morgan fingerprint density at radius 2 is 1.76 bits per heavy atom. The van der Waals surface area contributed by atoms with Crippen molar-refractivity contribution in [3.63, 3.8) is 0 Å². The molecule has 0 spiro atoms. The summed E-state index contributed by atoms with van der Waals surface area (Å²) < 4.78 is 5.93. The summed E-state index contributed by atoms with van der Waals surface area (Å²) in [5, 5.41) is 3.56. The van der Waals surface area contributed by atoms with Crippen LogP contribution in [-0.2, 0) is 4.74 Å². The highest BCUT2D eigenvalue weighted by Gasteiger charge is 2.41. The van der Waals surface area contributed by atoms with Crippen LogP contribution in [0.15, 0.2) is 0 Å². The van der Waals surface area contributed by atoms with Gasteiger partial charge >= 0.3 is 0 Å². The molecule has 0 aliphatic heterocycles. The molecule has 2 saturated carbocycles. The smallest absolute Gasteiger partial charge is 0.0830 e. The van der Waals surface area contributed by atoms with Crippen LogP contribution < -0.4 is 5.32 Å². The molecule has 2 fully saturated rings. The fourth-order valence-electron chi connectivity index (χ4n) is 4.02. The maximum absolute atomic E-state index is 5.93. The van der Waals surface area contributed by atoms with Gasteiger partial charge in [0.05, 0.1) is 5.60 Å². The minimum atomic E-state index is 0.145. The molecular weight excluding hydrogens is 210 g/mol. The van der Waals surface area contributed by atoms with Crippen molar-refractivity contribution in [2.75, 3.05) is 14.2 Å². The molecule has 1 unspecified atom stereocenters. The van der Waals surface area contributed by atoms with Crippen LogP contribution in [0, 0.1) is 5.92 Å². The SMILES string of the molecule is CNC(CC1CCCCC1)C1(OC)CCCC1. The lowest BCUT2D eigenvalue weighted by Crippen LogP contribution is -2.50. The molecule has 2 nitrogen and oxygen atoms in total. The summed E-state index contributed by atoms with van der Waals surface area (Å²) >= 11 is 0. The second-order valence-electron chi connectivity index (χ2n) is 6.06. The van der Waals surface area contributed by atoms with E-state index in [1.54, 1.807) is 0 Å². The fourth-order valence-corrected chi connectivity index (χ4v) is 4.02.